The number of aromatic nitrogens is 2. The number of nitrogens with one attached hydrogen (secondary N) is 1. The first-order valence-electron chi connectivity index (χ1n) is 7.38. The van der Waals surface area contributed by atoms with Gasteiger partial charge in [0, 0.05) is 12.3 Å². The van der Waals surface area contributed by atoms with Crippen LogP contribution in [-0.2, 0) is 16.1 Å². The largest absolute Gasteiger partial charge is 0.394 e. The van der Waals surface area contributed by atoms with Gasteiger partial charge in [0.05, 0.1) is 25.9 Å². The number of H-pyrrole nitrogens is 1. The minimum Gasteiger partial charge on any atom is -0.394 e. The topological polar surface area (TPSA) is 93.5 Å². The van der Waals surface area contributed by atoms with Crippen molar-refractivity contribution in [2.75, 3.05) is 13.2 Å². The van der Waals surface area contributed by atoms with Gasteiger partial charge in [-0.05, 0) is 5.56 Å². The van der Waals surface area contributed by atoms with Crippen LogP contribution in [-0.4, -0.2) is 40.1 Å². The summed E-state index contributed by atoms with van der Waals surface area (Å²) in [6.07, 6.45) is 0.430. The Morgan fingerprint density at radius 1 is 1.26 bits per heavy atom. The quantitative estimate of drug-likeness (QED) is 0.813. The van der Waals surface area contributed by atoms with Gasteiger partial charge in [-0.2, -0.15) is 0 Å². The monoisotopic (exact) mass is 318 g/mol. The summed E-state index contributed by atoms with van der Waals surface area (Å²) in [5.74, 6) is 0. The molecule has 1 saturated heterocycles. The highest BCUT2D eigenvalue weighted by Gasteiger charge is 2.39. The molecule has 23 heavy (non-hydrogen) atoms. The maximum absolute atomic E-state index is 12.0. The molecule has 1 aromatic carbocycles. The summed E-state index contributed by atoms with van der Waals surface area (Å²) in [4.78, 5) is 25.4. The second-order valence-corrected chi connectivity index (χ2v) is 5.40. The number of nitrogens with zero attached hydrogens (tertiary/aromatic N) is 1. The van der Waals surface area contributed by atoms with E-state index >= 15 is 0 Å². The van der Waals surface area contributed by atoms with E-state index in [4.69, 9.17) is 9.47 Å². The van der Waals surface area contributed by atoms with Crippen LogP contribution < -0.4 is 11.2 Å². The molecule has 2 heterocycles. The number of aliphatic hydroxyl groups is 1. The van der Waals surface area contributed by atoms with Crippen LogP contribution in [0.3, 0.4) is 0 Å². The Hall–Kier alpha value is -2.22. The van der Waals surface area contributed by atoms with Gasteiger partial charge in [-0.25, -0.2) is 4.79 Å². The number of aliphatic hydroxyl groups excluding tert-OH is 1. The van der Waals surface area contributed by atoms with Crippen molar-refractivity contribution >= 4 is 0 Å². The molecular weight excluding hydrogens is 300 g/mol. The summed E-state index contributed by atoms with van der Waals surface area (Å²) in [7, 11) is 0. The number of aromatic amines is 1. The third-order valence-corrected chi connectivity index (χ3v) is 3.90. The maximum atomic E-state index is 12.0. The van der Waals surface area contributed by atoms with Gasteiger partial charge in [0.2, 0.25) is 0 Å². The van der Waals surface area contributed by atoms with Crippen LogP contribution in [0.2, 0.25) is 0 Å². The second-order valence-electron chi connectivity index (χ2n) is 5.40. The van der Waals surface area contributed by atoms with E-state index in [1.165, 1.54) is 16.8 Å². The van der Waals surface area contributed by atoms with Crippen molar-refractivity contribution in [2.45, 2.75) is 24.9 Å². The standard InChI is InChI=1S/C16H18N2O5/c19-8-13-15(23-9-11-4-2-1-3-5-11)12(10-22-13)18-7-6-14(20)17-16(18)21/h1-7,12-13,15,19H,8-10H2,(H,17,20,21)/t12-,13-,15-/m0/s1. The predicted molar refractivity (Wildman–Crippen MR) is 82.2 cm³/mol. The molecule has 7 nitrogen and oxygen atoms in total. The predicted octanol–water partition coefficient (Wildman–Crippen LogP) is 0.0542. The van der Waals surface area contributed by atoms with E-state index in [1.807, 2.05) is 30.3 Å². The van der Waals surface area contributed by atoms with Gasteiger partial charge in [0.15, 0.2) is 0 Å². The molecule has 0 bridgehead atoms. The Kier molecular flexibility index (Phi) is 4.71. The first-order chi connectivity index (χ1) is 11.2. The second kappa shape index (κ2) is 6.91. The average Bonchev–Trinajstić information content (AvgIpc) is 2.96. The molecule has 0 saturated carbocycles. The summed E-state index contributed by atoms with van der Waals surface area (Å²) >= 11 is 0. The Morgan fingerprint density at radius 2 is 2.04 bits per heavy atom. The fraction of sp³-hybridized carbons (Fsp3) is 0.375. The normalized spacial score (nSPS) is 24.0. The van der Waals surface area contributed by atoms with Gasteiger partial charge in [-0.1, -0.05) is 30.3 Å². The molecule has 0 unspecified atom stereocenters. The van der Waals surface area contributed by atoms with Gasteiger partial charge in [0.1, 0.15) is 12.2 Å². The third kappa shape index (κ3) is 3.42. The van der Waals surface area contributed by atoms with Gasteiger partial charge < -0.3 is 14.6 Å². The SMILES string of the molecule is O=c1ccn([C@H]2CO[C@@H](CO)[C@H]2OCc2ccccc2)c(=O)[nH]1. The molecule has 7 heteroatoms. The molecule has 1 fully saturated rings. The Morgan fingerprint density at radius 3 is 2.74 bits per heavy atom. The zero-order valence-electron chi connectivity index (χ0n) is 12.4. The molecule has 0 aliphatic carbocycles. The van der Waals surface area contributed by atoms with E-state index in [9.17, 15) is 14.7 Å². The Balaban J connectivity index is 1.81. The Bertz CT molecular complexity index is 755. The molecule has 1 aliphatic rings. The average molecular weight is 318 g/mol. The summed E-state index contributed by atoms with van der Waals surface area (Å²) in [6.45, 7) is 0.380. The van der Waals surface area contributed by atoms with Crippen LogP contribution in [0.1, 0.15) is 11.6 Å². The van der Waals surface area contributed by atoms with Gasteiger partial charge >= 0.3 is 5.69 Å². The first-order valence-corrected chi connectivity index (χ1v) is 7.38. The summed E-state index contributed by atoms with van der Waals surface area (Å²) < 4.78 is 12.8. The van der Waals surface area contributed by atoms with Crippen molar-refractivity contribution < 1.29 is 14.6 Å². The number of benzene rings is 1. The number of hydrogen-bond acceptors (Lipinski definition) is 5. The highest BCUT2D eigenvalue weighted by Crippen LogP contribution is 2.27. The molecule has 1 aromatic heterocycles. The zero-order valence-corrected chi connectivity index (χ0v) is 12.4. The van der Waals surface area contributed by atoms with Gasteiger partial charge in [-0.15, -0.1) is 0 Å². The molecule has 3 rings (SSSR count). The van der Waals surface area contributed by atoms with E-state index in [0.29, 0.717) is 6.61 Å². The lowest BCUT2D eigenvalue weighted by Gasteiger charge is -2.23. The van der Waals surface area contributed by atoms with Crippen molar-refractivity contribution in [2.24, 2.45) is 0 Å². The highest BCUT2D eigenvalue weighted by atomic mass is 16.6. The lowest BCUT2D eigenvalue weighted by atomic mass is 10.1. The van der Waals surface area contributed by atoms with Crippen LogP contribution in [0.15, 0.2) is 52.2 Å². The fourth-order valence-electron chi connectivity index (χ4n) is 2.73. The van der Waals surface area contributed by atoms with Gasteiger partial charge in [0.25, 0.3) is 5.56 Å². The van der Waals surface area contributed by atoms with Crippen molar-refractivity contribution in [3.63, 3.8) is 0 Å². The van der Waals surface area contributed by atoms with E-state index in [2.05, 4.69) is 4.98 Å². The highest BCUT2D eigenvalue weighted by molar-refractivity contribution is 5.13. The molecule has 3 atom stereocenters. The van der Waals surface area contributed by atoms with E-state index in [-0.39, 0.29) is 13.2 Å². The number of ether oxygens (including phenoxy) is 2. The van der Waals surface area contributed by atoms with Crippen LogP contribution >= 0.6 is 0 Å². The third-order valence-electron chi connectivity index (χ3n) is 3.90. The maximum Gasteiger partial charge on any atom is 0.328 e. The minimum atomic E-state index is -0.516. The number of rotatable bonds is 5. The van der Waals surface area contributed by atoms with E-state index < -0.39 is 29.5 Å². The lowest BCUT2D eigenvalue weighted by Crippen LogP contribution is -2.39. The van der Waals surface area contributed by atoms with Crippen molar-refractivity contribution in [1.82, 2.24) is 9.55 Å². The zero-order chi connectivity index (χ0) is 16.2. The summed E-state index contributed by atoms with van der Waals surface area (Å²) in [5, 5.41) is 9.46. The molecule has 0 amide bonds. The van der Waals surface area contributed by atoms with Crippen molar-refractivity contribution in [3.05, 3.63) is 69.0 Å². The molecule has 1 aliphatic heterocycles. The fourth-order valence-corrected chi connectivity index (χ4v) is 2.73. The van der Waals surface area contributed by atoms with Crippen LogP contribution in [0.25, 0.3) is 0 Å². The van der Waals surface area contributed by atoms with E-state index in [1.54, 1.807) is 0 Å². The first kappa shape index (κ1) is 15.7. The molecule has 2 N–H and O–H groups in total. The molecule has 0 spiro atoms. The molecule has 122 valence electrons. The van der Waals surface area contributed by atoms with E-state index in [0.717, 1.165) is 5.56 Å². The molecule has 2 aromatic rings. The number of hydrogen-bond donors (Lipinski definition) is 2. The lowest BCUT2D eigenvalue weighted by molar-refractivity contribution is -0.0460. The van der Waals surface area contributed by atoms with Crippen molar-refractivity contribution in [3.8, 4) is 0 Å². The molecular formula is C16H18N2O5. The van der Waals surface area contributed by atoms with Crippen LogP contribution in [0.5, 0.6) is 0 Å². The van der Waals surface area contributed by atoms with Crippen molar-refractivity contribution in [1.29, 1.82) is 0 Å². The minimum absolute atomic E-state index is 0.200. The molecule has 0 radical (unpaired) electrons. The van der Waals surface area contributed by atoms with Crippen LogP contribution in [0, 0.1) is 0 Å². The summed E-state index contributed by atoms with van der Waals surface area (Å²) in [5.41, 5.74) is 0.0206. The van der Waals surface area contributed by atoms with Crippen LogP contribution in [0.4, 0.5) is 0 Å². The smallest absolute Gasteiger partial charge is 0.328 e. The van der Waals surface area contributed by atoms with Gasteiger partial charge in [-0.3, -0.25) is 14.3 Å². The summed E-state index contributed by atoms with van der Waals surface area (Å²) in [6, 6.07) is 10.5. The Labute approximate surface area is 132 Å².